The highest BCUT2D eigenvalue weighted by Crippen LogP contribution is 2.20. The summed E-state index contributed by atoms with van der Waals surface area (Å²) in [4.78, 5) is 11.8. The van der Waals surface area contributed by atoms with Crippen molar-refractivity contribution < 1.29 is 13.2 Å². The largest absolute Gasteiger partial charge is 0.293 e. The molecule has 0 aromatic heterocycles. The Hall–Kier alpha value is -0.720. The molecule has 0 spiro atoms. The SMILES string of the molecule is O=C(CBr)c1cccc(S(=O)(=O)NC2CCCCC2)c1. The number of alkyl halides is 1. The number of benzene rings is 1. The normalized spacial score (nSPS) is 17.1. The smallest absolute Gasteiger partial charge is 0.240 e. The van der Waals surface area contributed by atoms with Crippen molar-refractivity contribution in [3.05, 3.63) is 29.8 Å². The molecule has 2 rings (SSSR count). The molecule has 110 valence electrons. The van der Waals surface area contributed by atoms with Gasteiger partial charge in [-0.3, -0.25) is 4.79 Å². The first-order valence-electron chi connectivity index (χ1n) is 6.74. The number of hydrogen-bond donors (Lipinski definition) is 1. The third-order valence-corrected chi connectivity index (χ3v) is 5.54. The van der Waals surface area contributed by atoms with Gasteiger partial charge in [0.15, 0.2) is 5.78 Å². The van der Waals surface area contributed by atoms with Crippen LogP contribution in [0, 0.1) is 0 Å². The molecule has 0 heterocycles. The Kier molecular flexibility index (Phi) is 5.35. The van der Waals surface area contributed by atoms with Crippen molar-refractivity contribution >= 4 is 31.7 Å². The molecule has 1 N–H and O–H groups in total. The third-order valence-electron chi connectivity index (χ3n) is 3.51. The number of hydrogen-bond acceptors (Lipinski definition) is 3. The van der Waals surface area contributed by atoms with Gasteiger partial charge in [0.1, 0.15) is 0 Å². The molecule has 0 amide bonds. The van der Waals surface area contributed by atoms with Crippen molar-refractivity contribution in [1.82, 2.24) is 4.72 Å². The van der Waals surface area contributed by atoms with Crippen LogP contribution >= 0.6 is 15.9 Å². The highest BCUT2D eigenvalue weighted by Gasteiger charge is 2.22. The molecule has 0 atom stereocenters. The Morgan fingerprint density at radius 3 is 2.60 bits per heavy atom. The fourth-order valence-corrected chi connectivity index (χ4v) is 4.10. The van der Waals surface area contributed by atoms with Crippen LogP contribution in [0.4, 0.5) is 0 Å². The molecule has 1 aromatic rings. The number of nitrogens with one attached hydrogen (secondary N) is 1. The van der Waals surface area contributed by atoms with Crippen LogP contribution in [0.15, 0.2) is 29.2 Å². The van der Waals surface area contributed by atoms with E-state index in [-0.39, 0.29) is 22.1 Å². The Labute approximate surface area is 128 Å². The minimum atomic E-state index is -3.54. The van der Waals surface area contributed by atoms with Crippen LogP contribution < -0.4 is 4.72 Å². The van der Waals surface area contributed by atoms with E-state index in [0.717, 1.165) is 25.7 Å². The fourth-order valence-electron chi connectivity index (χ4n) is 2.42. The molecule has 4 nitrogen and oxygen atoms in total. The molecule has 1 aliphatic carbocycles. The predicted octanol–water partition coefficient (Wildman–Crippen LogP) is 2.88. The zero-order valence-electron chi connectivity index (χ0n) is 11.1. The molecule has 20 heavy (non-hydrogen) atoms. The van der Waals surface area contributed by atoms with Crippen LogP contribution in [-0.2, 0) is 10.0 Å². The first-order valence-corrected chi connectivity index (χ1v) is 9.35. The molecule has 6 heteroatoms. The molecule has 1 saturated carbocycles. The zero-order valence-corrected chi connectivity index (χ0v) is 13.5. The number of rotatable bonds is 5. The number of carbonyl (C=O) groups is 1. The van der Waals surface area contributed by atoms with Gasteiger partial charge in [0.05, 0.1) is 10.2 Å². The number of sulfonamides is 1. The highest BCUT2D eigenvalue weighted by molar-refractivity contribution is 9.09. The lowest BCUT2D eigenvalue weighted by molar-refractivity contribution is 0.102. The summed E-state index contributed by atoms with van der Waals surface area (Å²) in [6, 6.07) is 6.21. The summed E-state index contributed by atoms with van der Waals surface area (Å²) in [5.41, 5.74) is 0.411. The zero-order chi connectivity index (χ0) is 14.6. The molecular formula is C14H18BrNO3S. The third kappa shape index (κ3) is 3.90. The van der Waals surface area contributed by atoms with E-state index in [1.54, 1.807) is 12.1 Å². The summed E-state index contributed by atoms with van der Waals surface area (Å²) in [6.45, 7) is 0. The van der Waals surface area contributed by atoms with E-state index in [0.29, 0.717) is 5.56 Å². The summed E-state index contributed by atoms with van der Waals surface area (Å²) < 4.78 is 27.4. The molecule has 0 radical (unpaired) electrons. The Morgan fingerprint density at radius 2 is 1.95 bits per heavy atom. The van der Waals surface area contributed by atoms with Gasteiger partial charge in [0.25, 0.3) is 0 Å². The molecule has 0 unspecified atom stereocenters. The van der Waals surface area contributed by atoms with Crippen molar-refractivity contribution in [2.45, 2.75) is 43.0 Å². The van der Waals surface area contributed by atoms with Crippen LogP contribution in [0.3, 0.4) is 0 Å². The molecular weight excluding hydrogens is 342 g/mol. The van der Waals surface area contributed by atoms with Crippen molar-refractivity contribution in [3.8, 4) is 0 Å². The lowest BCUT2D eigenvalue weighted by Gasteiger charge is -2.22. The second-order valence-electron chi connectivity index (χ2n) is 5.04. The van der Waals surface area contributed by atoms with E-state index >= 15 is 0 Å². The van der Waals surface area contributed by atoms with Crippen LogP contribution in [0.2, 0.25) is 0 Å². The monoisotopic (exact) mass is 359 g/mol. The highest BCUT2D eigenvalue weighted by atomic mass is 79.9. The van der Waals surface area contributed by atoms with Gasteiger partial charge in [-0.2, -0.15) is 0 Å². The van der Waals surface area contributed by atoms with Crippen molar-refractivity contribution in [3.63, 3.8) is 0 Å². The lowest BCUT2D eigenvalue weighted by atomic mass is 9.96. The molecule has 1 fully saturated rings. The lowest BCUT2D eigenvalue weighted by Crippen LogP contribution is -2.36. The second kappa shape index (κ2) is 6.83. The van der Waals surface area contributed by atoms with E-state index in [2.05, 4.69) is 20.7 Å². The standard InChI is InChI=1S/C14H18BrNO3S/c15-10-14(17)11-5-4-8-13(9-11)20(18,19)16-12-6-2-1-3-7-12/h4-5,8-9,12,16H,1-3,6-7,10H2. The molecule has 0 bridgehead atoms. The molecule has 0 aliphatic heterocycles. The minimum Gasteiger partial charge on any atom is -0.293 e. The van der Waals surface area contributed by atoms with E-state index in [1.165, 1.54) is 18.6 Å². The number of halogens is 1. The quantitative estimate of drug-likeness (QED) is 0.649. The number of Topliss-reactive ketones (excluding diaryl/α,β-unsaturated/α-hetero) is 1. The average molecular weight is 360 g/mol. The first-order chi connectivity index (χ1) is 9.53. The van der Waals surface area contributed by atoms with Gasteiger partial charge in [0, 0.05) is 11.6 Å². The fraction of sp³-hybridized carbons (Fsp3) is 0.500. The minimum absolute atomic E-state index is 0.0179. The Morgan fingerprint density at radius 1 is 1.25 bits per heavy atom. The summed E-state index contributed by atoms with van der Waals surface area (Å²) in [6.07, 6.45) is 5.08. The molecule has 1 aromatic carbocycles. The Balaban J connectivity index is 2.18. The number of carbonyl (C=O) groups excluding carboxylic acids is 1. The van der Waals surface area contributed by atoms with Gasteiger partial charge in [-0.1, -0.05) is 47.3 Å². The maximum atomic E-state index is 12.3. The van der Waals surface area contributed by atoms with Crippen molar-refractivity contribution in [1.29, 1.82) is 0 Å². The van der Waals surface area contributed by atoms with Crippen molar-refractivity contribution in [2.24, 2.45) is 0 Å². The van der Waals surface area contributed by atoms with E-state index < -0.39 is 10.0 Å². The Bertz CT molecular complexity index is 580. The van der Waals surface area contributed by atoms with Crippen LogP contribution in [-0.4, -0.2) is 25.6 Å². The second-order valence-corrected chi connectivity index (χ2v) is 7.32. The summed E-state index contributed by atoms with van der Waals surface area (Å²) in [5.74, 6) is -0.125. The van der Waals surface area contributed by atoms with E-state index in [9.17, 15) is 13.2 Å². The van der Waals surface area contributed by atoms with Crippen LogP contribution in [0.1, 0.15) is 42.5 Å². The van der Waals surface area contributed by atoms with E-state index in [4.69, 9.17) is 0 Å². The summed E-state index contributed by atoms with van der Waals surface area (Å²) >= 11 is 3.09. The van der Waals surface area contributed by atoms with Gasteiger partial charge in [-0.05, 0) is 25.0 Å². The van der Waals surface area contributed by atoms with Crippen molar-refractivity contribution in [2.75, 3.05) is 5.33 Å². The topological polar surface area (TPSA) is 63.2 Å². The van der Waals surface area contributed by atoms with Gasteiger partial charge in [0.2, 0.25) is 10.0 Å². The first kappa shape index (κ1) is 15.7. The van der Waals surface area contributed by atoms with Gasteiger partial charge in [-0.15, -0.1) is 0 Å². The molecule has 1 aliphatic rings. The van der Waals surface area contributed by atoms with Gasteiger partial charge in [-0.25, -0.2) is 13.1 Å². The molecule has 0 saturated heterocycles. The summed E-state index contributed by atoms with van der Waals surface area (Å²) in [7, 11) is -3.54. The van der Waals surface area contributed by atoms with Crippen LogP contribution in [0.25, 0.3) is 0 Å². The van der Waals surface area contributed by atoms with Crippen LogP contribution in [0.5, 0.6) is 0 Å². The van der Waals surface area contributed by atoms with E-state index in [1.807, 2.05) is 0 Å². The maximum Gasteiger partial charge on any atom is 0.240 e. The summed E-state index contributed by atoms with van der Waals surface area (Å²) in [5, 5.41) is 0.187. The predicted molar refractivity (Wildman–Crippen MR) is 81.8 cm³/mol. The van der Waals surface area contributed by atoms with Gasteiger partial charge < -0.3 is 0 Å². The number of ketones is 1. The maximum absolute atomic E-state index is 12.3. The average Bonchev–Trinajstić information content (AvgIpc) is 2.47. The van der Waals surface area contributed by atoms with Gasteiger partial charge >= 0.3 is 0 Å².